The molecule has 1 unspecified atom stereocenters. The van der Waals surface area contributed by atoms with Crippen LogP contribution in [-0.4, -0.2) is 27.7 Å². The summed E-state index contributed by atoms with van der Waals surface area (Å²) in [4.78, 5) is 27.1. The largest absolute Gasteiger partial charge is 0.497 e. The third-order valence-electron chi connectivity index (χ3n) is 3.06. The van der Waals surface area contributed by atoms with Crippen LogP contribution in [0.4, 0.5) is 0 Å². The Morgan fingerprint density at radius 1 is 1.30 bits per heavy atom. The number of Topliss-reactive ketones (excluding diaryl/α,β-unsaturated/α-hetero) is 1. The molecule has 1 aromatic carbocycles. The number of aromatic nitrogens is 3. The summed E-state index contributed by atoms with van der Waals surface area (Å²) in [6.07, 6.45) is 1.47. The fourth-order valence-electron chi connectivity index (χ4n) is 1.69. The summed E-state index contributed by atoms with van der Waals surface area (Å²) in [6.45, 7) is 3.03. The molecular weight excluding hydrogens is 258 g/mol. The molecule has 0 aliphatic rings. The highest BCUT2D eigenvalue weighted by Crippen LogP contribution is 2.19. The van der Waals surface area contributed by atoms with E-state index in [1.807, 2.05) is 0 Å². The molecule has 0 radical (unpaired) electrons. The molecule has 0 saturated heterocycles. The number of rotatable bonds is 4. The van der Waals surface area contributed by atoms with E-state index in [4.69, 9.17) is 4.74 Å². The van der Waals surface area contributed by atoms with Gasteiger partial charge in [-0.1, -0.05) is 0 Å². The SMILES string of the molecule is COc1ccc(-c2cnn(C(C)C(C)=O)c(=O)n2)cc1. The van der Waals surface area contributed by atoms with Crippen LogP contribution in [0, 0.1) is 0 Å². The van der Waals surface area contributed by atoms with E-state index in [2.05, 4.69) is 10.1 Å². The van der Waals surface area contributed by atoms with Crippen LogP contribution in [0.25, 0.3) is 11.3 Å². The molecular formula is C14H15N3O3. The van der Waals surface area contributed by atoms with Crippen LogP contribution in [-0.2, 0) is 4.79 Å². The molecule has 6 nitrogen and oxygen atoms in total. The predicted molar refractivity (Wildman–Crippen MR) is 73.7 cm³/mol. The molecule has 1 atom stereocenters. The van der Waals surface area contributed by atoms with Crippen molar-refractivity contribution in [1.29, 1.82) is 0 Å². The zero-order chi connectivity index (χ0) is 14.7. The smallest absolute Gasteiger partial charge is 0.365 e. The van der Waals surface area contributed by atoms with Gasteiger partial charge in [0.15, 0.2) is 5.78 Å². The first-order valence-electron chi connectivity index (χ1n) is 6.13. The lowest BCUT2D eigenvalue weighted by Gasteiger charge is -2.10. The highest BCUT2D eigenvalue weighted by atomic mass is 16.5. The van der Waals surface area contributed by atoms with Crippen LogP contribution in [0.5, 0.6) is 5.75 Å². The van der Waals surface area contributed by atoms with Gasteiger partial charge in [-0.15, -0.1) is 0 Å². The van der Waals surface area contributed by atoms with Crippen molar-refractivity contribution in [3.63, 3.8) is 0 Å². The molecule has 0 saturated carbocycles. The monoisotopic (exact) mass is 273 g/mol. The number of benzene rings is 1. The standard InChI is InChI=1S/C14H15N3O3/c1-9(10(2)18)17-14(19)16-13(8-15-17)11-4-6-12(20-3)7-5-11/h4-9H,1-3H3. The summed E-state index contributed by atoms with van der Waals surface area (Å²) in [6, 6.07) is 6.53. The molecule has 0 aliphatic heterocycles. The number of ketones is 1. The van der Waals surface area contributed by atoms with E-state index in [9.17, 15) is 9.59 Å². The van der Waals surface area contributed by atoms with Gasteiger partial charge in [0.05, 0.1) is 19.0 Å². The molecule has 6 heteroatoms. The van der Waals surface area contributed by atoms with E-state index in [1.54, 1.807) is 38.3 Å². The van der Waals surface area contributed by atoms with E-state index >= 15 is 0 Å². The lowest BCUT2D eigenvalue weighted by molar-refractivity contribution is -0.120. The Bertz CT molecular complexity index is 677. The summed E-state index contributed by atoms with van der Waals surface area (Å²) in [5.74, 6) is 0.582. The lowest BCUT2D eigenvalue weighted by Crippen LogP contribution is -2.31. The molecule has 2 rings (SSSR count). The molecule has 1 heterocycles. The van der Waals surface area contributed by atoms with Gasteiger partial charge in [-0.2, -0.15) is 10.1 Å². The predicted octanol–water partition coefficient (Wildman–Crippen LogP) is 1.46. The highest BCUT2D eigenvalue weighted by molar-refractivity contribution is 5.79. The Balaban J connectivity index is 2.37. The van der Waals surface area contributed by atoms with Crippen LogP contribution in [0.1, 0.15) is 19.9 Å². The second-order valence-corrected chi connectivity index (χ2v) is 4.38. The first kappa shape index (κ1) is 13.9. The number of ether oxygens (including phenoxy) is 1. The number of nitrogens with zero attached hydrogens (tertiary/aromatic N) is 3. The summed E-state index contributed by atoms with van der Waals surface area (Å²) in [5, 5.41) is 4.01. The van der Waals surface area contributed by atoms with E-state index in [0.717, 1.165) is 16.0 Å². The fraction of sp³-hybridized carbons (Fsp3) is 0.286. The van der Waals surface area contributed by atoms with Gasteiger partial charge in [-0.05, 0) is 38.1 Å². The molecule has 0 spiro atoms. The number of hydrogen-bond acceptors (Lipinski definition) is 5. The van der Waals surface area contributed by atoms with Crippen LogP contribution < -0.4 is 10.4 Å². The Morgan fingerprint density at radius 3 is 2.45 bits per heavy atom. The van der Waals surface area contributed by atoms with Crippen LogP contribution in [0.15, 0.2) is 35.3 Å². The van der Waals surface area contributed by atoms with Crippen molar-refractivity contribution in [3.8, 4) is 17.0 Å². The van der Waals surface area contributed by atoms with Crippen LogP contribution in [0.3, 0.4) is 0 Å². The Morgan fingerprint density at radius 2 is 1.95 bits per heavy atom. The lowest BCUT2D eigenvalue weighted by atomic mass is 10.1. The van der Waals surface area contributed by atoms with E-state index in [0.29, 0.717) is 5.69 Å². The summed E-state index contributed by atoms with van der Waals surface area (Å²) in [7, 11) is 1.58. The molecule has 104 valence electrons. The van der Waals surface area contributed by atoms with Crippen molar-refractivity contribution in [2.75, 3.05) is 7.11 Å². The molecule has 0 N–H and O–H groups in total. The summed E-state index contributed by atoms with van der Waals surface area (Å²) in [5.41, 5.74) is 0.684. The van der Waals surface area contributed by atoms with E-state index in [-0.39, 0.29) is 5.78 Å². The first-order valence-corrected chi connectivity index (χ1v) is 6.13. The third kappa shape index (κ3) is 2.74. The second kappa shape index (κ2) is 5.64. The minimum Gasteiger partial charge on any atom is -0.497 e. The Hall–Kier alpha value is -2.50. The van der Waals surface area contributed by atoms with Gasteiger partial charge in [0.25, 0.3) is 0 Å². The van der Waals surface area contributed by atoms with Crippen molar-refractivity contribution < 1.29 is 9.53 Å². The minimum absolute atomic E-state index is 0.140. The number of carbonyl (C=O) groups is 1. The number of carbonyl (C=O) groups excluding carboxylic acids is 1. The number of hydrogen-bond donors (Lipinski definition) is 0. The normalized spacial score (nSPS) is 11.9. The maximum Gasteiger partial charge on any atom is 0.365 e. The molecule has 20 heavy (non-hydrogen) atoms. The first-order chi connectivity index (χ1) is 9.52. The van der Waals surface area contributed by atoms with Crippen molar-refractivity contribution in [3.05, 3.63) is 40.9 Å². The summed E-state index contributed by atoms with van der Waals surface area (Å²) < 4.78 is 6.15. The van der Waals surface area contributed by atoms with Crippen molar-refractivity contribution in [1.82, 2.24) is 14.8 Å². The minimum atomic E-state index is -0.611. The molecule has 0 aliphatic carbocycles. The topological polar surface area (TPSA) is 74.1 Å². The number of methoxy groups -OCH3 is 1. The summed E-state index contributed by atoms with van der Waals surface area (Å²) >= 11 is 0. The van der Waals surface area contributed by atoms with Gasteiger partial charge in [0, 0.05) is 5.56 Å². The zero-order valence-corrected chi connectivity index (χ0v) is 11.5. The zero-order valence-electron chi connectivity index (χ0n) is 11.5. The molecule has 0 bridgehead atoms. The van der Waals surface area contributed by atoms with E-state index < -0.39 is 11.7 Å². The molecule has 0 amide bonds. The van der Waals surface area contributed by atoms with E-state index in [1.165, 1.54) is 13.1 Å². The van der Waals surface area contributed by atoms with Crippen LogP contribution in [0.2, 0.25) is 0 Å². The Kier molecular flexibility index (Phi) is 3.93. The Labute approximate surface area is 116 Å². The molecule has 1 aromatic heterocycles. The third-order valence-corrected chi connectivity index (χ3v) is 3.06. The maximum atomic E-state index is 11.9. The van der Waals surface area contributed by atoms with Gasteiger partial charge in [-0.3, -0.25) is 4.79 Å². The average molecular weight is 273 g/mol. The van der Waals surface area contributed by atoms with Crippen molar-refractivity contribution in [2.24, 2.45) is 0 Å². The molecule has 0 fully saturated rings. The average Bonchev–Trinajstić information content (AvgIpc) is 2.46. The highest BCUT2D eigenvalue weighted by Gasteiger charge is 2.14. The maximum absolute atomic E-state index is 11.9. The van der Waals surface area contributed by atoms with Gasteiger partial charge in [-0.25, -0.2) is 9.48 Å². The molecule has 2 aromatic rings. The second-order valence-electron chi connectivity index (χ2n) is 4.38. The van der Waals surface area contributed by atoms with Gasteiger partial charge in [0.1, 0.15) is 11.8 Å². The van der Waals surface area contributed by atoms with Crippen LogP contribution >= 0.6 is 0 Å². The van der Waals surface area contributed by atoms with Crippen molar-refractivity contribution in [2.45, 2.75) is 19.9 Å². The quantitative estimate of drug-likeness (QED) is 0.843. The fourth-order valence-corrected chi connectivity index (χ4v) is 1.69. The van der Waals surface area contributed by atoms with Gasteiger partial charge in [0.2, 0.25) is 0 Å². The van der Waals surface area contributed by atoms with Gasteiger partial charge < -0.3 is 4.74 Å². The van der Waals surface area contributed by atoms with Crippen molar-refractivity contribution >= 4 is 5.78 Å². The van der Waals surface area contributed by atoms with Gasteiger partial charge >= 0.3 is 5.69 Å².